The van der Waals surface area contributed by atoms with Crippen LogP contribution in [0.15, 0.2) is 30.5 Å². The van der Waals surface area contributed by atoms with Crippen LogP contribution >= 0.6 is 0 Å². The Hall–Kier alpha value is -1.85. The normalized spacial score (nSPS) is 12.6. The number of nitrogens with one attached hydrogen (secondary N) is 1. The van der Waals surface area contributed by atoms with Crippen LogP contribution in [0.2, 0.25) is 0 Å². The molecule has 1 N–H and O–H groups in total. The highest BCUT2D eigenvalue weighted by Gasteiger charge is 2.12. The molecule has 0 aliphatic heterocycles. The SMILES string of the molecule is CCN(CC)Cc1cc(C(C)NCCc2ccnn2C)ccc1OC. The van der Waals surface area contributed by atoms with Gasteiger partial charge in [-0.25, -0.2) is 0 Å². The highest BCUT2D eigenvalue weighted by atomic mass is 16.5. The van der Waals surface area contributed by atoms with Gasteiger partial charge in [0.25, 0.3) is 0 Å². The van der Waals surface area contributed by atoms with E-state index in [2.05, 4.69) is 60.4 Å². The van der Waals surface area contributed by atoms with Crippen molar-refractivity contribution in [2.75, 3.05) is 26.7 Å². The predicted molar refractivity (Wildman–Crippen MR) is 103 cm³/mol. The fraction of sp³-hybridized carbons (Fsp3) is 0.550. The molecule has 0 aliphatic carbocycles. The lowest BCUT2D eigenvalue weighted by molar-refractivity contribution is 0.289. The van der Waals surface area contributed by atoms with Gasteiger partial charge in [-0.3, -0.25) is 9.58 Å². The third-order valence-electron chi connectivity index (χ3n) is 4.85. The topological polar surface area (TPSA) is 42.3 Å². The molecule has 0 spiro atoms. The summed E-state index contributed by atoms with van der Waals surface area (Å²) in [6.07, 6.45) is 2.82. The van der Waals surface area contributed by atoms with E-state index in [4.69, 9.17) is 4.74 Å². The summed E-state index contributed by atoms with van der Waals surface area (Å²) in [7, 11) is 3.73. The quantitative estimate of drug-likeness (QED) is 0.719. The number of aromatic nitrogens is 2. The summed E-state index contributed by atoms with van der Waals surface area (Å²) in [5, 5.41) is 7.83. The van der Waals surface area contributed by atoms with Gasteiger partial charge in [-0.1, -0.05) is 19.9 Å². The summed E-state index contributed by atoms with van der Waals surface area (Å²) in [6.45, 7) is 10.5. The average molecular weight is 345 g/mol. The number of nitrogens with zero attached hydrogens (tertiary/aromatic N) is 3. The largest absolute Gasteiger partial charge is 0.496 e. The Morgan fingerprint density at radius 2 is 2.00 bits per heavy atom. The first-order valence-electron chi connectivity index (χ1n) is 9.18. The van der Waals surface area contributed by atoms with Crippen molar-refractivity contribution < 1.29 is 4.74 Å². The van der Waals surface area contributed by atoms with Gasteiger partial charge in [-0.2, -0.15) is 5.10 Å². The Morgan fingerprint density at radius 3 is 2.60 bits per heavy atom. The zero-order valence-corrected chi connectivity index (χ0v) is 16.2. The molecule has 0 amide bonds. The van der Waals surface area contributed by atoms with Gasteiger partial charge in [-0.15, -0.1) is 0 Å². The van der Waals surface area contributed by atoms with Crippen molar-refractivity contribution >= 4 is 0 Å². The van der Waals surface area contributed by atoms with Crippen molar-refractivity contribution in [3.8, 4) is 5.75 Å². The van der Waals surface area contributed by atoms with Crippen LogP contribution < -0.4 is 10.1 Å². The molecule has 0 fully saturated rings. The molecule has 5 heteroatoms. The zero-order chi connectivity index (χ0) is 18.2. The Kier molecular flexibility index (Phi) is 7.47. The zero-order valence-electron chi connectivity index (χ0n) is 16.2. The highest BCUT2D eigenvalue weighted by Crippen LogP contribution is 2.24. The number of hydrogen-bond acceptors (Lipinski definition) is 4. The van der Waals surface area contributed by atoms with Crippen molar-refractivity contribution in [3.63, 3.8) is 0 Å². The van der Waals surface area contributed by atoms with Crippen LogP contribution in [-0.2, 0) is 20.0 Å². The van der Waals surface area contributed by atoms with Crippen LogP contribution in [0.4, 0.5) is 0 Å². The van der Waals surface area contributed by atoms with Crippen LogP contribution in [0, 0.1) is 0 Å². The minimum absolute atomic E-state index is 0.301. The predicted octanol–water partition coefficient (Wildman–Crippen LogP) is 3.16. The van der Waals surface area contributed by atoms with Gasteiger partial charge in [0.1, 0.15) is 5.75 Å². The number of methoxy groups -OCH3 is 1. The van der Waals surface area contributed by atoms with Crippen LogP contribution in [0.25, 0.3) is 0 Å². The Morgan fingerprint density at radius 1 is 1.24 bits per heavy atom. The third-order valence-corrected chi connectivity index (χ3v) is 4.85. The second-order valence-electron chi connectivity index (χ2n) is 6.40. The van der Waals surface area contributed by atoms with E-state index in [0.29, 0.717) is 6.04 Å². The Balaban J connectivity index is 2.00. The molecule has 25 heavy (non-hydrogen) atoms. The van der Waals surface area contributed by atoms with Gasteiger partial charge in [0.2, 0.25) is 0 Å². The molecule has 0 radical (unpaired) electrons. The van der Waals surface area contributed by atoms with Crippen molar-refractivity contribution in [3.05, 3.63) is 47.3 Å². The molecule has 1 atom stereocenters. The van der Waals surface area contributed by atoms with E-state index in [1.165, 1.54) is 16.8 Å². The maximum absolute atomic E-state index is 5.56. The fourth-order valence-corrected chi connectivity index (χ4v) is 3.06. The molecular formula is C20H32N4O. The molecule has 0 saturated heterocycles. The highest BCUT2D eigenvalue weighted by molar-refractivity contribution is 5.38. The van der Waals surface area contributed by atoms with Crippen molar-refractivity contribution in [2.45, 2.75) is 39.8 Å². The van der Waals surface area contributed by atoms with E-state index in [9.17, 15) is 0 Å². The molecule has 2 rings (SSSR count). The smallest absolute Gasteiger partial charge is 0.123 e. The average Bonchev–Trinajstić information content (AvgIpc) is 3.04. The van der Waals surface area contributed by atoms with Gasteiger partial charge < -0.3 is 10.1 Å². The first-order valence-corrected chi connectivity index (χ1v) is 9.18. The first-order chi connectivity index (χ1) is 12.1. The summed E-state index contributed by atoms with van der Waals surface area (Å²) in [6, 6.07) is 8.90. The molecular weight excluding hydrogens is 312 g/mol. The molecule has 0 bridgehead atoms. The molecule has 1 aromatic carbocycles. The standard InChI is InChI=1S/C20H32N4O/c1-6-24(7-2)15-18-14-17(8-9-20(18)25-5)16(3)21-12-10-19-11-13-22-23(19)4/h8-9,11,13-14,16,21H,6-7,10,12,15H2,1-5H3. The Labute approximate surface area is 152 Å². The molecule has 2 aromatic rings. The molecule has 0 aliphatic rings. The fourth-order valence-electron chi connectivity index (χ4n) is 3.06. The summed E-state index contributed by atoms with van der Waals surface area (Å²) in [5.74, 6) is 0.970. The van der Waals surface area contributed by atoms with E-state index < -0.39 is 0 Å². The number of aryl methyl sites for hydroxylation is 1. The van der Waals surface area contributed by atoms with Crippen LogP contribution in [0.1, 0.15) is 43.6 Å². The van der Waals surface area contributed by atoms with E-state index in [1.807, 2.05) is 17.9 Å². The van der Waals surface area contributed by atoms with E-state index in [1.54, 1.807) is 7.11 Å². The van der Waals surface area contributed by atoms with Crippen molar-refractivity contribution in [1.82, 2.24) is 20.0 Å². The van der Waals surface area contributed by atoms with Gasteiger partial charge in [-0.05, 0) is 43.8 Å². The Bertz CT molecular complexity index is 649. The van der Waals surface area contributed by atoms with Crippen LogP contribution in [-0.4, -0.2) is 41.4 Å². The monoisotopic (exact) mass is 344 g/mol. The summed E-state index contributed by atoms with van der Waals surface area (Å²) < 4.78 is 7.49. The maximum atomic E-state index is 5.56. The van der Waals surface area contributed by atoms with Crippen LogP contribution in [0.5, 0.6) is 5.75 Å². The minimum atomic E-state index is 0.301. The number of ether oxygens (including phenoxy) is 1. The molecule has 5 nitrogen and oxygen atoms in total. The molecule has 0 saturated carbocycles. The molecule has 1 heterocycles. The second kappa shape index (κ2) is 9.59. The van der Waals surface area contributed by atoms with Gasteiger partial charge >= 0.3 is 0 Å². The van der Waals surface area contributed by atoms with Gasteiger partial charge in [0.05, 0.1) is 7.11 Å². The van der Waals surface area contributed by atoms with Crippen molar-refractivity contribution in [2.24, 2.45) is 7.05 Å². The summed E-state index contributed by atoms with van der Waals surface area (Å²) >= 11 is 0. The van der Waals surface area contributed by atoms with Gasteiger partial charge in [0.15, 0.2) is 0 Å². The van der Waals surface area contributed by atoms with Crippen LogP contribution in [0.3, 0.4) is 0 Å². The first kappa shape index (κ1) is 19.5. The molecule has 1 aromatic heterocycles. The molecule has 138 valence electrons. The van der Waals surface area contributed by atoms with E-state index in [0.717, 1.165) is 38.3 Å². The van der Waals surface area contributed by atoms with Crippen molar-refractivity contribution in [1.29, 1.82) is 0 Å². The summed E-state index contributed by atoms with van der Waals surface area (Å²) in [5.41, 5.74) is 3.80. The third kappa shape index (κ3) is 5.31. The number of benzene rings is 1. The van der Waals surface area contributed by atoms with E-state index >= 15 is 0 Å². The number of hydrogen-bond donors (Lipinski definition) is 1. The lowest BCUT2D eigenvalue weighted by Crippen LogP contribution is -2.24. The second-order valence-corrected chi connectivity index (χ2v) is 6.40. The maximum Gasteiger partial charge on any atom is 0.123 e. The summed E-state index contributed by atoms with van der Waals surface area (Å²) in [4.78, 5) is 2.40. The number of rotatable bonds is 10. The molecule has 1 unspecified atom stereocenters. The lowest BCUT2D eigenvalue weighted by Gasteiger charge is -2.22. The minimum Gasteiger partial charge on any atom is -0.496 e. The van der Waals surface area contributed by atoms with E-state index in [-0.39, 0.29) is 0 Å². The van der Waals surface area contributed by atoms with Gasteiger partial charge in [0, 0.05) is 50.1 Å². The lowest BCUT2D eigenvalue weighted by atomic mass is 10.0.